The molecule has 0 aliphatic carbocycles. The summed E-state index contributed by atoms with van der Waals surface area (Å²) in [6.07, 6.45) is 3.03. The summed E-state index contributed by atoms with van der Waals surface area (Å²) in [6.45, 7) is 6.52. The van der Waals surface area contributed by atoms with Crippen molar-refractivity contribution >= 4 is 30.7 Å². The van der Waals surface area contributed by atoms with Gasteiger partial charge >= 0.3 is 0 Å². The lowest BCUT2D eigenvalue weighted by molar-refractivity contribution is 0.895. The van der Waals surface area contributed by atoms with Gasteiger partial charge in [-0.2, -0.15) is 0 Å². The molecule has 0 saturated heterocycles. The average Bonchev–Trinajstić information content (AvgIpc) is 2.28. The van der Waals surface area contributed by atoms with Crippen LogP contribution in [0.5, 0.6) is 0 Å². The monoisotopic (exact) mass is 278 g/mol. The van der Waals surface area contributed by atoms with Crippen LogP contribution >= 0.6 is 21.0 Å². The summed E-state index contributed by atoms with van der Waals surface area (Å²) >= 11 is -0.00720. The van der Waals surface area contributed by atoms with Crippen LogP contribution in [0.15, 0.2) is 16.9 Å². The Hall–Kier alpha value is -0.190. The molecule has 0 aromatic carbocycles. The topological polar surface area (TPSA) is 24.4 Å². The molecule has 0 radical (unpaired) electrons. The first kappa shape index (κ1) is 9.89. The van der Waals surface area contributed by atoms with E-state index in [1.165, 1.54) is 11.4 Å². The number of aliphatic imine (C=N–C) groups is 1. The first-order chi connectivity index (χ1) is 5.74. The van der Waals surface area contributed by atoms with Crippen LogP contribution in [0.1, 0.15) is 27.2 Å². The van der Waals surface area contributed by atoms with Gasteiger partial charge in [0.05, 0.1) is 0 Å². The Kier molecular flexibility index (Phi) is 3.91. The van der Waals surface area contributed by atoms with Crippen LogP contribution in [0.3, 0.4) is 0 Å². The maximum absolute atomic E-state index is 4.44. The predicted molar refractivity (Wildman–Crippen MR) is 63.9 cm³/mol. The minimum absolute atomic E-state index is 0.00720. The summed E-state index contributed by atoms with van der Waals surface area (Å²) in [5.74, 6) is 0.555. The van der Waals surface area contributed by atoms with Crippen molar-refractivity contribution in [2.24, 2.45) is 10.9 Å². The van der Waals surface area contributed by atoms with Crippen molar-refractivity contribution in [1.82, 2.24) is 3.53 Å². The molecule has 0 spiro atoms. The third-order valence-corrected chi connectivity index (χ3v) is 3.64. The Morgan fingerprint density at radius 3 is 2.92 bits per heavy atom. The lowest BCUT2D eigenvalue weighted by atomic mass is 10.1. The first-order valence-corrected chi connectivity index (χ1v) is 6.54. The molecule has 0 amide bonds. The molecule has 0 bridgehead atoms. The zero-order chi connectivity index (χ0) is 8.97. The van der Waals surface area contributed by atoms with Crippen molar-refractivity contribution in [2.45, 2.75) is 27.2 Å². The van der Waals surface area contributed by atoms with Gasteiger partial charge in [0.2, 0.25) is 0 Å². The molecule has 68 valence electrons. The van der Waals surface area contributed by atoms with Crippen molar-refractivity contribution < 1.29 is 0 Å². The number of nitrogens with one attached hydrogen (secondary N) is 1. The van der Waals surface area contributed by atoms with Crippen molar-refractivity contribution in [3.63, 3.8) is 0 Å². The Labute approximate surface area is 84.3 Å². The smallest absolute Gasteiger partial charge is 0.0499 e. The molecule has 1 N–H and O–H groups in total. The van der Waals surface area contributed by atoms with Crippen LogP contribution in [0.2, 0.25) is 0 Å². The van der Waals surface area contributed by atoms with E-state index in [9.17, 15) is 0 Å². The highest BCUT2D eigenvalue weighted by atomic mass is 127. The Balaban J connectivity index is 2.78. The van der Waals surface area contributed by atoms with E-state index >= 15 is 0 Å². The largest absolute Gasteiger partial charge is 0.336 e. The van der Waals surface area contributed by atoms with Gasteiger partial charge in [-0.3, -0.25) is 4.99 Å². The fraction of sp³-hybridized carbons (Fsp3) is 0.556. The second-order valence-electron chi connectivity index (χ2n) is 3.03. The highest BCUT2D eigenvalue weighted by Crippen LogP contribution is 2.08. The van der Waals surface area contributed by atoms with E-state index in [1.807, 2.05) is 6.20 Å². The quantitative estimate of drug-likeness (QED) is 0.609. The molecule has 3 heteroatoms. The second kappa shape index (κ2) is 4.74. The van der Waals surface area contributed by atoms with E-state index in [0.29, 0.717) is 5.92 Å². The molecule has 0 atom stereocenters. The molecule has 0 saturated carbocycles. The number of rotatable bonds is 2. The maximum atomic E-state index is 4.44. The molecule has 2 nitrogen and oxygen atoms in total. The average molecular weight is 278 g/mol. The summed E-state index contributed by atoms with van der Waals surface area (Å²) in [6, 6.07) is 0. The minimum atomic E-state index is -0.00720. The third-order valence-electron chi connectivity index (χ3n) is 1.68. The van der Waals surface area contributed by atoms with E-state index in [2.05, 4.69) is 33.3 Å². The van der Waals surface area contributed by atoms with Crippen molar-refractivity contribution in [3.8, 4) is 0 Å². The van der Waals surface area contributed by atoms with Crippen LogP contribution in [0, 0.1) is 5.92 Å². The number of hydrogen-bond donors (Lipinski definition) is 1. The third kappa shape index (κ3) is 2.69. The SMILES string of the molecule is CCC1=CN=C(C(C)C)C=IN1. The van der Waals surface area contributed by atoms with Crippen molar-refractivity contribution in [3.05, 3.63) is 11.9 Å². The maximum Gasteiger partial charge on any atom is 0.0499 e. The van der Waals surface area contributed by atoms with E-state index in [-0.39, 0.29) is 21.0 Å². The molecule has 12 heavy (non-hydrogen) atoms. The van der Waals surface area contributed by atoms with Crippen molar-refractivity contribution in [1.29, 1.82) is 0 Å². The Morgan fingerprint density at radius 2 is 2.33 bits per heavy atom. The number of halogens is 1. The molecular formula is C9H15IN2. The fourth-order valence-electron chi connectivity index (χ4n) is 0.791. The molecule has 0 fully saturated rings. The predicted octanol–water partition coefficient (Wildman–Crippen LogP) is 2.63. The van der Waals surface area contributed by atoms with Gasteiger partial charge in [-0.1, -0.05) is 20.8 Å². The number of hydrogen-bond acceptors (Lipinski definition) is 2. The first-order valence-electron chi connectivity index (χ1n) is 4.22. The number of nitrogens with zero attached hydrogens (tertiary/aromatic N) is 1. The Morgan fingerprint density at radius 1 is 1.58 bits per heavy atom. The molecule has 1 aliphatic heterocycles. The fourth-order valence-corrected chi connectivity index (χ4v) is 3.07. The molecule has 0 aromatic heterocycles. The van der Waals surface area contributed by atoms with Gasteiger partial charge in [0, 0.05) is 21.6 Å². The van der Waals surface area contributed by atoms with Gasteiger partial charge in [0.15, 0.2) is 0 Å². The van der Waals surface area contributed by atoms with Crippen LogP contribution in [0.4, 0.5) is 0 Å². The summed E-state index contributed by atoms with van der Waals surface area (Å²) < 4.78 is 5.68. The molecule has 0 aromatic rings. The standard InChI is InChI=1S/C9H15IN2/c1-4-8-6-11-9(7(2)3)5-10-12-8/h5-7,12H,4H2,1-3H3. The van der Waals surface area contributed by atoms with Crippen LogP contribution in [-0.4, -0.2) is 9.72 Å². The van der Waals surface area contributed by atoms with Gasteiger partial charge in [-0.05, 0) is 33.3 Å². The highest BCUT2D eigenvalue weighted by Gasteiger charge is 2.02. The highest BCUT2D eigenvalue weighted by molar-refractivity contribution is 14.2. The van der Waals surface area contributed by atoms with Gasteiger partial charge in [0.25, 0.3) is 0 Å². The summed E-state index contributed by atoms with van der Waals surface area (Å²) in [7, 11) is 0. The molecule has 1 aliphatic rings. The number of allylic oxidation sites excluding steroid dienone is 1. The van der Waals surface area contributed by atoms with Crippen molar-refractivity contribution in [2.75, 3.05) is 0 Å². The Bertz CT molecular complexity index is 239. The van der Waals surface area contributed by atoms with E-state index in [4.69, 9.17) is 0 Å². The van der Waals surface area contributed by atoms with Gasteiger partial charge < -0.3 is 3.53 Å². The molecular weight excluding hydrogens is 263 g/mol. The lowest BCUT2D eigenvalue weighted by Crippen LogP contribution is -2.06. The second-order valence-corrected chi connectivity index (χ2v) is 4.81. The minimum Gasteiger partial charge on any atom is -0.336 e. The van der Waals surface area contributed by atoms with Crippen LogP contribution < -0.4 is 3.53 Å². The van der Waals surface area contributed by atoms with Gasteiger partial charge in [0.1, 0.15) is 0 Å². The zero-order valence-corrected chi connectivity index (χ0v) is 9.92. The van der Waals surface area contributed by atoms with E-state index in [0.717, 1.165) is 6.42 Å². The van der Waals surface area contributed by atoms with E-state index in [1.54, 1.807) is 0 Å². The van der Waals surface area contributed by atoms with Gasteiger partial charge in [-0.25, -0.2) is 0 Å². The van der Waals surface area contributed by atoms with Crippen LogP contribution in [0.25, 0.3) is 0 Å². The van der Waals surface area contributed by atoms with Crippen LogP contribution in [-0.2, 0) is 0 Å². The normalized spacial score (nSPS) is 17.3. The summed E-state index contributed by atoms with van der Waals surface area (Å²) in [4.78, 5) is 4.44. The summed E-state index contributed by atoms with van der Waals surface area (Å²) in [5, 5.41) is 0. The van der Waals surface area contributed by atoms with Gasteiger partial charge in [-0.15, -0.1) is 0 Å². The molecule has 0 unspecified atom stereocenters. The lowest BCUT2D eigenvalue weighted by Gasteiger charge is -2.00. The molecule has 1 rings (SSSR count). The molecule has 1 heterocycles. The zero-order valence-electron chi connectivity index (χ0n) is 7.76. The van der Waals surface area contributed by atoms with E-state index < -0.39 is 0 Å². The summed E-state index contributed by atoms with van der Waals surface area (Å²) in [5.41, 5.74) is 2.51.